The topological polar surface area (TPSA) is 93.5 Å². The molecule has 3 rings (SSSR count). The molecule has 10 heteroatoms. The summed E-state index contributed by atoms with van der Waals surface area (Å²) in [7, 11) is -0.526. The highest BCUT2D eigenvalue weighted by molar-refractivity contribution is 7.88. The van der Waals surface area contributed by atoms with Crippen LogP contribution in [0.3, 0.4) is 0 Å². The number of ether oxygens (including phenoxy) is 1. The number of aryl methyl sites for hydroxylation is 1. The summed E-state index contributed by atoms with van der Waals surface area (Å²) in [5, 5.41) is 10.7. The van der Waals surface area contributed by atoms with E-state index in [9.17, 15) is 8.42 Å². The summed E-state index contributed by atoms with van der Waals surface area (Å²) in [6.45, 7) is 1.93. The minimum atomic E-state index is -3.68. The SMILES string of the molecule is COc1cccc(N2CCN(S(=O)(=O)c3nnn(C)n3)CC2)c1. The lowest BCUT2D eigenvalue weighted by atomic mass is 10.2. The number of methoxy groups -OCH3 is 1. The van der Waals surface area contributed by atoms with Crippen LogP contribution in [0.25, 0.3) is 0 Å². The lowest BCUT2D eigenvalue weighted by molar-refractivity contribution is 0.380. The fourth-order valence-corrected chi connectivity index (χ4v) is 3.72. The van der Waals surface area contributed by atoms with E-state index in [1.165, 1.54) is 11.4 Å². The molecule has 0 spiro atoms. The van der Waals surface area contributed by atoms with Crippen molar-refractivity contribution in [3.8, 4) is 5.75 Å². The highest BCUT2D eigenvalue weighted by Gasteiger charge is 2.32. The van der Waals surface area contributed by atoms with Crippen LogP contribution in [0.1, 0.15) is 0 Å². The molecule has 0 amide bonds. The van der Waals surface area contributed by atoms with Crippen LogP contribution < -0.4 is 9.64 Å². The van der Waals surface area contributed by atoms with E-state index in [-0.39, 0.29) is 5.16 Å². The Morgan fingerprint density at radius 3 is 2.52 bits per heavy atom. The molecule has 0 bridgehead atoms. The summed E-state index contributed by atoms with van der Waals surface area (Å²) >= 11 is 0. The van der Waals surface area contributed by atoms with Crippen LogP contribution in [-0.2, 0) is 17.1 Å². The first kappa shape index (κ1) is 15.7. The number of anilines is 1. The highest BCUT2D eigenvalue weighted by atomic mass is 32.2. The van der Waals surface area contributed by atoms with Crippen LogP contribution in [-0.4, -0.2) is 66.2 Å². The second-order valence-electron chi connectivity index (χ2n) is 5.15. The molecule has 0 radical (unpaired) electrons. The Balaban J connectivity index is 1.70. The van der Waals surface area contributed by atoms with Gasteiger partial charge in [0.2, 0.25) is 0 Å². The summed E-state index contributed by atoms with van der Waals surface area (Å²) in [5.74, 6) is 0.779. The van der Waals surface area contributed by atoms with Crippen LogP contribution in [0.2, 0.25) is 0 Å². The lowest BCUT2D eigenvalue weighted by Crippen LogP contribution is -2.48. The summed E-state index contributed by atoms with van der Waals surface area (Å²) in [5.41, 5.74) is 1.01. The van der Waals surface area contributed by atoms with Crippen molar-refractivity contribution < 1.29 is 13.2 Å². The van der Waals surface area contributed by atoms with E-state index in [1.807, 2.05) is 24.3 Å². The number of sulfonamides is 1. The van der Waals surface area contributed by atoms with Gasteiger partial charge in [-0.1, -0.05) is 11.2 Å². The molecule has 1 aliphatic heterocycles. The number of aromatic nitrogens is 4. The smallest absolute Gasteiger partial charge is 0.303 e. The number of tetrazole rings is 1. The predicted molar refractivity (Wildman–Crippen MR) is 82.8 cm³/mol. The number of piperazine rings is 1. The zero-order valence-electron chi connectivity index (χ0n) is 13.0. The quantitative estimate of drug-likeness (QED) is 0.757. The molecule has 1 aromatic carbocycles. The van der Waals surface area contributed by atoms with Gasteiger partial charge in [-0.15, -0.1) is 5.10 Å². The molecular weight excluding hydrogens is 320 g/mol. The van der Waals surface area contributed by atoms with Gasteiger partial charge in [0.05, 0.1) is 14.2 Å². The van der Waals surface area contributed by atoms with Gasteiger partial charge in [0.15, 0.2) is 0 Å². The standard InChI is InChI=1S/C13H18N6O3S/c1-17-15-13(14-16-17)23(20,21)19-8-6-18(7-9-19)11-4-3-5-12(10-11)22-2/h3-5,10H,6-9H2,1-2H3. The van der Waals surface area contributed by atoms with Crippen molar-refractivity contribution in [2.75, 3.05) is 38.2 Å². The van der Waals surface area contributed by atoms with Crippen molar-refractivity contribution in [2.24, 2.45) is 7.05 Å². The van der Waals surface area contributed by atoms with Crippen LogP contribution in [0, 0.1) is 0 Å². The molecule has 124 valence electrons. The lowest BCUT2D eigenvalue weighted by Gasteiger charge is -2.34. The summed E-state index contributed by atoms with van der Waals surface area (Å²) in [6.07, 6.45) is 0. The maximum atomic E-state index is 12.5. The summed E-state index contributed by atoms with van der Waals surface area (Å²) in [6, 6.07) is 7.72. The van der Waals surface area contributed by atoms with Gasteiger partial charge in [-0.25, -0.2) is 8.42 Å². The number of hydrogen-bond acceptors (Lipinski definition) is 7. The second kappa shape index (κ2) is 6.13. The van der Waals surface area contributed by atoms with Crippen molar-refractivity contribution in [2.45, 2.75) is 5.16 Å². The minimum Gasteiger partial charge on any atom is -0.497 e. The molecule has 0 unspecified atom stereocenters. The molecule has 9 nitrogen and oxygen atoms in total. The summed E-state index contributed by atoms with van der Waals surface area (Å²) in [4.78, 5) is 3.26. The molecule has 1 aromatic heterocycles. The maximum Gasteiger partial charge on any atom is 0.303 e. The Hall–Kier alpha value is -2.20. The third-order valence-corrected chi connectivity index (χ3v) is 5.39. The molecule has 0 aliphatic carbocycles. The van der Waals surface area contributed by atoms with E-state index in [2.05, 4.69) is 20.3 Å². The Morgan fingerprint density at radius 2 is 1.91 bits per heavy atom. The third-order valence-electron chi connectivity index (χ3n) is 3.72. The first-order valence-electron chi connectivity index (χ1n) is 7.14. The van der Waals surface area contributed by atoms with Gasteiger partial charge >= 0.3 is 5.16 Å². The normalized spacial score (nSPS) is 16.5. The number of nitrogens with zero attached hydrogens (tertiary/aromatic N) is 6. The number of hydrogen-bond donors (Lipinski definition) is 0. The molecule has 2 heterocycles. The fraction of sp³-hybridized carbons (Fsp3) is 0.462. The highest BCUT2D eigenvalue weighted by Crippen LogP contribution is 2.23. The largest absolute Gasteiger partial charge is 0.497 e. The van der Waals surface area contributed by atoms with Gasteiger partial charge in [-0.05, 0) is 17.3 Å². The van der Waals surface area contributed by atoms with Crippen molar-refractivity contribution in [1.29, 1.82) is 0 Å². The van der Waals surface area contributed by atoms with Gasteiger partial charge in [-0.3, -0.25) is 0 Å². The van der Waals surface area contributed by atoms with Crippen molar-refractivity contribution >= 4 is 15.7 Å². The maximum absolute atomic E-state index is 12.5. The number of rotatable bonds is 4. The molecule has 0 N–H and O–H groups in total. The Morgan fingerprint density at radius 1 is 1.17 bits per heavy atom. The monoisotopic (exact) mass is 338 g/mol. The van der Waals surface area contributed by atoms with Crippen LogP contribution in [0.5, 0.6) is 5.75 Å². The van der Waals surface area contributed by atoms with Gasteiger partial charge in [-0.2, -0.15) is 9.10 Å². The zero-order chi connectivity index (χ0) is 16.4. The second-order valence-corrected chi connectivity index (χ2v) is 6.99. The Bertz CT molecular complexity index is 783. The van der Waals surface area contributed by atoms with E-state index < -0.39 is 10.0 Å². The first-order valence-corrected chi connectivity index (χ1v) is 8.58. The number of benzene rings is 1. The van der Waals surface area contributed by atoms with Crippen molar-refractivity contribution in [3.63, 3.8) is 0 Å². The molecule has 1 saturated heterocycles. The van der Waals surface area contributed by atoms with Crippen LogP contribution in [0.4, 0.5) is 5.69 Å². The van der Waals surface area contributed by atoms with Gasteiger partial charge in [0, 0.05) is 37.9 Å². The molecule has 1 aliphatic rings. The summed E-state index contributed by atoms with van der Waals surface area (Å²) < 4.78 is 31.5. The Labute approximate surface area is 134 Å². The van der Waals surface area contributed by atoms with Gasteiger partial charge in [0.1, 0.15) is 5.75 Å². The minimum absolute atomic E-state index is 0.255. The van der Waals surface area contributed by atoms with E-state index >= 15 is 0 Å². The zero-order valence-corrected chi connectivity index (χ0v) is 13.8. The molecule has 0 atom stereocenters. The molecule has 1 fully saturated rings. The van der Waals surface area contributed by atoms with Gasteiger partial charge < -0.3 is 9.64 Å². The third kappa shape index (κ3) is 3.13. The van der Waals surface area contributed by atoms with Crippen molar-refractivity contribution in [1.82, 2.24) is 24.5 Å². The molecular formula is C13H18N6O3S. The molecule has 23 heavy (non-hydrogen) atoms. The Kier molecular flexibility index (Phi) is 4.18. The van der Waals surface area contributed by atoms with Crippen molar-refractivity contribution in [3.05, 3.63) is 24.3 Å². The first-order chi connectivity index (χ1) is 11.0. The average Bonchev–Trinajstić information content (AvgIpc) is 3.02. The predicted octanol–water partition coefficient (Wildman–Crippen LogP) is -0.270. The average molecular weight is 338 g/mol. The molecule has 0 saturated carbocycles. The van der Waals surface area contributed by atoms with Gasteiger partial charge in [0.25, 0.3) is 10.0 Å². The van der Waals surface area contributed by atoms with E-state index in [0.717, 1.165) is 16.2 Å². The fourth-order valence-electron chi connectivity index (χ4n) is 2.48. The van der Waals surface area contributed by atoms with Crippen LogP contribution >= 0.6 is 0 Å². The van der Waals surface area contributed by atoms with E-state index in [4.69, 9.17) is 4.74 Å². The van der Waals surface area contributed by atoms with Crippen LogP contribution in [0.15, 0.2) is 29.4 Å². The van der Waals surface area contributed by atoms with E-state index in [1.54, 1.807) is 7.11 Å². The molecule has 2 aromatic rings. The van der Waals surface area contributed by atoms with E-state index in [0.29, 0.717) is 26.2 Å².